The Morgan fingerprint density at radius 3 is 3.14 bits per heavy atom. The molecule has 0 aliphatic rings. The number of anilines is 1. The molecule has 1 aromatic heterocycles. The molecule has 0 atom stereocenters. The first kappa shape index (κ1) is 9.54. The molecule has 1 heterocycles. The lowest BCUT2D eigenvalue weighted by Gasteiger charge is -2.01. The van der Waals surface area contributed by atoms with Crippen molar-refractivity contribution in [1.82, 2.24) is 8.75 Å². The van der Waals surface area contributed by atoms with Gasteiger partial charge in [0.05, 0.1) is 22.7 Å². The Bertz CT molecular complexity index is 470. The van der Waals surface area contributed by atoms with Crippen molar-refractivity contribution >= 4 is 50.3 Å². The quantitative estimate of drug-likeness (QED) is 0.851. The second-order valence-electron chi connectivity index (χ2n) is 2.62. The van der Waals surface area contributed by atoms with Crippen molar-refractivity contribution in [3.05, 3.63) is 18.2 Å². The molecule has 6 heteroatoms. The van der Waals surface area contributed by atoms with E-state index in [0.717, 1.165) is 22.8 Å². The number of rotatable bonds is 2. The topological polar surface area (TPSA) is 54.9 Å². The molecule has 0 aliphatic heterocycles. The maximum Gasteiger partial charge on any atom is 0.235 e. The van der Waals surface area contributed by atoms with Crippen LogP contribution >= 0.6 is 27.7 Å². The van der Waals surface area contributed by atoms with E-state index in [2.05, 4.69) is 30.0 Å². The average molecular weight is 272 g/mol. The Kier molecular flexibility index (Phi) is 2.74. The van der Waals surface area contributed by atoms with E-state index < -0.39 is 0 Å². The smallest absolute Gasteiger partial charge is 0.235 e. The minimum Gasteiger partial charge on any atom is -0.323 e. The average Bonchev–Trinajstić information content (AvgIpc) is 2.66. The second kappa shape index (κ2) is 4.02. The number of nitrogens with one attached hydrogen (secondary N) is 1. The van der Waals surface area contributed by atoms with Crippen LogP contribution in [-0.2, 0) is 4.79 Å². The van der Waals surface area contributed by atoms with Gasteiger partial charge in [0.2, 0.25) is 5.91 Å². The van der Waals surface area contributed by atoms with Gasteiger partial charge in [0.15, 0.2) is 0 Å². The van der Waals surface area contributed by atoms with E-state index in [1.54, 1.807) is 0 Å². The van der Waals surface area contributed by atoms with Crippen LogP contribution in [-0.4, -0.2) is 20.0 Å². The zero-order valence-electron chi connectivity index (χ0n) is 7.03. The zero-order chi connectivity index (χ0) is 9.97. The molecule has 14 heavy (non-hydrogen) atoms. The predicted octanol–water partition coefficient (Wildman–Crippen LogP) is 2.02. The fourth-order valence-electron chi connectivity index (χ4n) is 1.09. The molecule has 0 bridgehead atoms. The van der Waals surface area contributed by atoms with Crippen LogP contribution < -0.4 is 5.32 Å². The van der Waals surface area contributed by atoms with Crippen LogP contribution in [0.2, 0.25) is 0 Å². The molecule has 0 aliphatic carbocycles. The number of carbonyl (C=O) groups is 1. The molecule has 2 rings (SSSR count). The maximum absolute atomic E-state index is 11.1. The Hall–Kier alpha value is -1.01. The molecule has 1 amide bonds. The monoisotopic (exact) mass is 271 g/mol. The van der Waals surface area contributed by atoms with Crippen molar-refractivity contribution < 1.29 is 4.79 Å². The molecule has 0 fully saturated rings. The minimum absolute atomic E-state index is 0.0921. The van der Waals surface area contributed by atoms with Crippen LogP contribution in [0.25, 0.3) is 11.0 Å². The highest BCUT2D eigenvalue weighted by Gasteiger charge is 2.06. The van der Waals surface area contributed by atoms with Crippen molar-refractivity contribution in [3.8, 4) is 0 Å². The molecule has 0 spiro atoms. The fourth-order valence-corrected chi connectivity index (χ4v) is 1.78. The number of aromatic nitrogens is 2. The van der Waals surface area contributed by atoms with Crippen molar-refractivity contribution in [2.75, 3.05) is 10.6 Å². The highest BCUT2D eigenvalue weighted by atomic mass is 79.9. The molecule has 4 nitrogen and oxygen atoms in total. The predicted molar refractivity (Wildman–Crippen MR) is 59.8 cm³/mol. The van der Waals surface area contributed by atoms with Gasteiger partial charge in [-0.2, -0.15) is 8.75 Å². The van der Waals surface area contributed by atoms with Gasteiger partial charge in [0, 0.05) is 0 Å². The van der Waals surface area contributed by atoms with Gasteiger partial charge in [-0.3, -0.25) is 4.79 Å². The van der Waals surface area contributed by atoms with Crippen molar-refractivity contribution in [2.24, 2.45) is 0 Å². The van der Waals surface area contributed by atoms with Crippen LogP contribution in [0.4, 0.5) is 5.69 Å². The van der Waals surface area contributed by atoms with Crippen LogP contribution in [0.1, 0.15) is 0 Å². The molecule has 1 aromatic carbocycles. The number of fused-ring (bicyclic) bond motifs is 1. The number of hydrogen-bond acceptors (Lipinski definition) is 4. The third kappa shape index (κ3) is 1.76. The largest absolute Gasteiger partial charge is 0.323 e. The van der Waals surface area contributed by atoms with Crippen LogP contribution in [0, 0.1) is 0 Å². The highest BCUT2D eigenvalue weighted by Crippen LogP contribution is 2.20. The molecular formula is C8H6BrN3OS. The summed E-state index contributed by atoms with van der Waals surface area (Å²) in [4.78, 5) is 11.1. The normalized spacial score (nSPS) is 10.4. The summed E-state index contributed by atoms with van der Waals surface area (Å²) in [5, 5.41) is 3.02. The van der Waals surface area contributed by atoms with Gasteiger partial charge in [-0.1, -0.05) is 22.0 Å². The molecule has 2 aromatic rings. The van der Waals surface area contributed by atoms with E-state index in [1.165, 1.54) is 0 Å². The number of carbonyl (C=O) groups excluding carboxylic acids is 1. The summed E-state index contributed by atoms with van der Waals surface area (Å²) in [5.41, 5.74) is 2.26. The molecule has 72 valence electrons. The first-order valence-corrected chi connectivity index (χ1v) is 5.73. The van der Waals surface area contributed by atoms with Gasteiger partial charge in [-0.25, -0.2) is 0 Å². The van der Waals surface area contributed by atoms with Gasteiger partial charge in [-0.15, -0.1) is 0 Å². The van der Waals surface area contributed by atoms with E-state index in [0.29, 0.717) is 5.69 Å². The number of hydrogen-bond donors (Lipinski definition) is 1. The van der Waals surface area contributed by atoms with Crippen molar-refractivity contribution in [2.45, 2.75) is 0 Å². The van der Waals surface area contributed by atoms with E-state index in [1.807, 2.05) is 18.2 Å². The Morgan fingerprint density at radius 2 is 2.36 bits per heavy atom. The lowest BCUT2D eigenvalue weighted by Crippen LogP contribution is -2.12. The van der Waals surface area contributed by atoms with Gasteiger partial charge in [0.25, 0.3) is 0 Å². The number of halogens is 1. The number of benzene rings is 1. The summed E-state index contributed by atoms with van der Waals surface area (Å²) in [6.07, 6.45) is 0. The van der Waals surface area contributed by atoms with Gasteiger partial charge in [0.1, 0.15) is 11.0 Å². The van der Waals surface area contributed by atoms with E-state index in [-0.39, 0.29) is 11.2 Å². The molecule has 0 unspecified atom stereocenters. The lowest BCUT2D eigenvalue weighted by molar-refractivity contribution is -0.113. The standard InChI is InChI=1S/C8H6BrN3OS/c9-4-7(13)10-5-2-1-3-6-8(5)12-14-11-6/h1-3H,4H2,(H,10,13). The summed E-state index contributed by atoms with van der Waals surface area (Å²) in [5.74, 6) is -0.0921. The van der Waals surface area contributed by atoms with E-state index in [4.69, 9.17) is 0 Å². The summed E-state index contributed by atoms with van der Waals surface area (Å²) < 4.78 is 8.19. The first-order chi connectivity index (χ1) is 6.81. The first-order valence-electron chi connectivity index (χ1n) is 3.88. The summed E-state index contributed by atoms with van der Waals surface area (Å²) in [6.45, 7) is 0. The molecule has 0 saturated carbocycles. The van der Waals surface area contributed by atoms with Gasteiger partial charge in [-0.05, 0) is 12.1 Å². The maximum atomic E-state index is 11.1. The van der Waals surface area contributed by atoms with Crippen molar-refractivity contribution in [3.63, 3.8) is 0 Å². The third-order valence-corrected chi connectivity index (χ3v) is 2.73. The number of nitrogens with zero attached hydrogens (tertiary/aromatic N) is 2. The van der Waals surface area contributed by atoms with E-state index in [9.17, 15) is 4.79 Å². The van der Waals surface area contributed by atoms with Crippen molar-refractivity contribution in [1.29, 1.82) is 0 Å². The van der Waals surface area contributed by atoms with Gasteiger partial charge >= 0.3 is 0 Å². The molecular weight excluding hydrogens is 266 g/mol. The van der Waals surface area contributed by atoms with Crippen LogP contribution in [0.15, 0.2) is 18.2 Å². The third-order valence-electron chi connectivity index (χ3n) is 1.68. The minimum atomic E-state index is -0.0921. The summed E-state index contributed by atoms with van der Waals surface area (Å²) in [6, 6.07) is 5.51. The summed E-state index contributed by atoms with van der Waals surface area (Å²) >= 11 is 4.22. The zero-order valence-corrected chi connectivity index (χ0v) is 9.43. The SMILES string of the molecule is O=C(CBr)Nc1cccc2nsnc12. The molecule has 0 saturated heterocycles. The summed E-state index contributed by atoms with van der Waals surface area (Å²) in [7, 11) is 0. The second-order valence-corrected chi connectivity index (χ2v) is 3.71. The number of alkyl halides is 1. The number of amides is 1. The molecule has 1 N–H and O–H groups in total. The van der Waals surface area contributed by atoms with E-state index >= 15 is 0 Å². The lowest BCUT2D eigenvalue weighted by atomic mass is 10.2. The Morgan fingerprint density at radius 1 is 1.50 bits per heavy atom. The van der Waals surface area contributed by atoms with Crippen LogP contribution in [0.3, 0.4) is 0 Å². The molecule has 0 radical (unpaired) electrons. The van der Waals surface area contributed by atoms with Gasteiger partial charge < -0.3 is 5.32 Å². The fraction of sp³-hybridized carbons (Fsp3) is 0.125. The Balaban J connectivity index is 2.41. The Labute approximate surface area is 92.8 Å². The van der Waals surface area contributed by atoms with Crippen LogP contribution in [0.5, 0.6) is 0 Å². The highest BCUT2D eigenvalue weighted by molar-refractivity contribution is 9.09.